The average molecular weight is 235 g/mol. The third-order valence-corrected chi connectivity index (χ3v) is 2.99. The first-order valence-electron chi connectivity index (χ1n) is 5.22. The number of Topliss-reactive ketones (excluding diaryl/α,β-unsaturated/α-hetero) is 2. The normalized spacial score (nSPS) is 16.4. The van der Waals surface area contributed by atoms with E-state index in [4.69, 9.17) is 11.6 Å². The van der Waals surface area contributed by atoms with Gasteiger partial charge < -0.3 is 0 Å². The lowest BCUT2D eigenvalue weighted by Gasteiger charge is -2.13. The lowest BCUT2D eigenvalue weighted by Crippen LogP contribution is -2.18. The Bertz CT molecular complexity index is 460. The zero-order chi connectivity index (χ0) is 11.5. The summed E-state index contributed by atoms with van der Waals surface area (Å²) in [6.45, 7) is 0. The van der Waals surface area contributed by atoms with Crippen LogP contribution in [0, 0.1) is 0 Å². The van der Waals surface area contributed by atoms with Crippen LogP contribution in [0.2, 0.25) is 0 Å². The smallest absolute Gasteiger partial charge is 0.197 e. The van der Waals surface area contributed by atoms with Gasteiger partial charge in [0, 0.05) is 17.0 Å². The monoisotopic (exact) mass is 234 g/mol. The van der Waals surface area contributed by atoms with Gasteiger partial charge in [0.15, 0.2) is 11.6 Å². The molecule has 0 unspecified atom stereocenters. The summed E-state index contributed by atoms with van der Waals surface area (Å²) in [6, 6.07) is 8.77. The minimum atomic E-state index is -0.254. The number of benzene rings is 1. The second kappa shape index (κ2) is 4.62. The van der Waals surface area contributed by atoms with Crippen molar-refractivity contribution < 1.29 is 9.59 Å². The maximum absolute atomic E-state index is 12.1. The van der Waals surface area contributed by atoms with E-state index in [1.165, 1.54) is 0 Å². The quantitative estimate of drug-likeness (QED) is 0.582. The third kappa shape index (κ3) is 2.07. The molecule has 0 heterocycles. The number of ketones is 2. The van der Waals surface area contributed by atoms with Crippen molar-refractivity contribution in [1.29, 1.82) is 0 Å². The molecule has 0 saturated carbocycles. The molecule has 3 heteroatoms. The Kier molecular flexibility index (Phi) is 3.20. The van der Waals surface area contributed by atoms with Crippen molar-refractivity contribution in [2.24, 2.45) is 0 Å². The van der Waals surface area contributed by atoms with Gasteiger partial charge in [-0.3, -0.25) is 9.59 Å². The molecule has 0 bridgehead atoms. The van der Waals surface area contributed by atoms with E-state index >= 15 is 0 Å². The Morgan fingerprint density at radius 1 is 1.12 bits per heavy atom. The van der Waals surface area contributed by atoms with Crippen LogP contribution in [-0.2, 0) is 4.79 Å². The topological polar surface area (TPSA) is 34.1 Å². The fourth-order valence-electron chi connectivity index (χ4n) is 1.79. The molecule has 1 aromatic carbocycles. The number of carbonyl (C=O) groups is 2. The predicted molar refractivity (Wildman–Crippen MR) is 62.5 cm³/mol. The number of hydrogen-bond donors (Lipinski definition) is 0. The lowest BCUT2D eigenvalue weighted by molar-refractivity contribution is -0.115. The van der Waals surface area contributed by atoms with Gasteiger partial charge in [-0.15, -0.1) is 0 Å². The van der Waals surface area contributed by atoms with Crippen molar-refractivity contribution in [1.82, 2.24) is 0 Å². The van der Waals surface area contributed by atoms with Crippen molar-refractivity contribution >= 4 is 23.2 Å². The molecular formula is C13H11ClO2. The van der Waals surface area contributed by atoms with Gasteiger partial charge in [0.05, 0.1) is 5.57 Å². The highest BCUT2D eigenvalue weighted by molar-refractivity contribution is 6.39. The highest BCUT2D eigenvalue weighted by Crippen LogP contribution is 2.27. The second-order valence-electron chi connectivity index (χ2n) is 3.75. The van der Waals surface area contributed by atoms with Gasteiger partial charge >= 0.3 is 0 Å². The summed E-state index contributed by atoms with van der Waals surface area (Å²) in [6.07, 6.45) is 1.79. The van der Waals surface area contributed by atoms with Gasteiger partial charge in [-0.05, 0) is 12.8 Å². The van der Waals surface area contributed by atoms with E-state index in [9.17, 15) is 9.59 Å². The summed E-state index contributed by atoms with van der Waals surface area (Å²) in [7, 11) is 0. The van der Waals surface area contributed by atoms with E-state index in [-0.39, 0.29) is 17.1 Å². The van der Waals surface area contributed by atoms with Crippen molar-refractivity contribution in [2.75, 3.05) is 0 Å². The Morgan fingerprint density at radius 3 is 2.44 bits per heavy atom. The Morgan fingerprint density at radius 2 is 1.81 bits per heavy atom. The summed E-state index contributed by atoms with van der Waals surface area (Å²) in [5.74, 6) is -0.389. The minimum Gasteiger partial charge on any atom is -0.294 e. The molecule has 0 amide bonds. The number of allylic oxidation sites excluding steroid dienone is 2. The van der Waals surface area contributed by atoms with E-state index in [0.29, 0.717) is 23.4 Å². The molecule has 16 heavy (non-hydrogen) atoms. The lowest BCUT2D eigenvalue weighted by atomic mass is 9.92. The maximum Gasteiger partial charge on any atom is 0.197 e. The van der Waals surface area contributed by atoms with Crippen LogP contribution in [0.1, 0.15) is 29.6 Å². The van der Waals surface area contributed by atoms with Crippen LogP contribution < -0.4 is 0 Å². The van der Waals surface area contributed by atoms with E-state index in [0.717, 1.165) is 6.42 Å². The van der Waals surface area contributed by atoms with Crippen LogP contribution in [0.5, 0.6) is 0 Å². The fraction of sp³-hybridized carbons (Fsp3) is 0.231. The number of hydrogen-bond acceptors (Lipinski definition) is 2. The van der Waals surface area contributed by atoms with E-state index in [2.05, 4.69) is 0 Å². The molecule has 82 valence electrons. The van der Waals surface area contributed by atoms with E-state index in [1.54, 1.807) is 24.3 Å². The molecule has 0 spiro atoms. The average Bonchev–Trinajstić information content (AvgIpc) is 2.30. The molecule has 0 fully saturated rings. The van der Waals surface area contributed by atoms with Crippen LogP contribution >= 0.6 is 11.6 Å². The summed E-state index contributed by atoms with van der Waals surface area (Å²) < 4.78 is 0. The molecular weight excluding hydrogens is 224 g/mol. The fourth-order valence-corrected chi connectivity index (χ4v) is 2.11. The number of halogens is 1. The largest absolute Gasteiger partial charge is 0.294 e. The zero-order valence-corrected chi connectivity index (χ0v) is 9.46. The molecule has 0 N–H and O–H groups in total. The van der Waals surface area contributed by atoms with Crippen molar-refractivity contribution in [3.63, 3.8) is 0 Å². The molecule has 2 rings (SSSR count). The molecule has 0 aromatic heterocycles. The van der Waals surface area contributed by atoms with Gasteiger partial charge in [-0.25, -0.2) is 0 Å². The summed E-state index contributed by atoms with van der Waals surface area (Å²) in [5, 5.41) is 0.408. The zero-order valence-electron chi connectivity index (χ0n) is 8.70. The van der Waals surface area contributed by atoms with Crippen LogP contribution in [-0.4, -0.2) is 11.6 Å². The van der Waals surface area contributed by atoms with Gasteiger partial charge in [-0.2, -0.15) is 0 Å². The van der Waals surface area contributed by atoms with E-state index < -0.39 is 0 Å². The molecule has 1 aromatic rings. The molecule has 1 aliphatic carbocycles. The second-order valence-corrected chi connectivity index (χ2v) is 4.21. The Balaban J connectivity index is 2.38. The molecule has 1 aliphatic rings. The summed E-state index contributed by atoms with van der Waals surface area (Å²) >= 11 is 5.96. The summed E-state index contributed by atoms with van der Waals surface area (Å²) in [4.78, 5) is 23.7. The maximum atomic E-state index is 12.1. The standard InChI is InChI=1S/C13H11ClO2/c14-10-7-4-8-11(15)12(10)13(16)9-5-2-1-3-6-9/h1-3,5-6H,4,7-8H2. The molecule has 0 aliphatic heterocycles. The Labute approximate surface area is 98.9 Å². The highest BCUT2D eigenvalue weighted by atomic mass is 35.5. The van der Waals surface area contributed by atoms with Gasteiger partial charge in [0.2, 0.25) is 0 Å². The molecule has 2 nitrogen and oxygen atoms in total. The molecule has 0 saturated heterocycles. The molecule has 0 radical (unpaired) electrons. The highest BCUT2D eigenvalue weighted by Gasteiger charge is 2.26. The van der Waals surface area contributed by atoms with Gasteiger partial charge in [0.1, 0.15) is 0 Å². The van der Waals surface area contributed by atoms with Crippen LogP contribution in [0.3, 0.4) is 0 Å². The summed E-state index contributed by atoms with van der Waals surface area (Å²) in [5.41, 5.74) is 0.699. The molecule has 0 atom stereocenters. The van der Waals surface area contributed by atoms with Gasteiger partial charge in [0.25, 0.3) is 0 Å². The Hall–Kier alpha value is -1.41. The predicted octanol–water partition coefficient (Wildman–Crippen LogP) is 3.12. The SMILES string of the molecule is O=C1CCCC(Cl)=C1C(=O)c1ccccc1. The van der Waals surface area contributed by atoms with Gasteiger partial charge in [-0.1, -0.05) is 41.9 Å². The minimum absolute atomic E-state index is 0.134. The van der Waals surface area contributed by atoms with Crippen molar-refractivity contribution in [2.45, 2.75) is 19.3 Å². The van der Waals surface area contributed by atoms with Crippen LogP contribution in [0.4, 0.5) is 0 Å². The number of carbonyl (C=O) groups excluding carboxylic acids is 2. The van der Waals surface area contributed by atoms with Crippen molar-refractivity contribution in [3.8, 4) is 0 Å². The first-order valence-corrected chi connectivity index (χ1v) is 5.59. The van der Waals surface area contributed by atoms with Crippen molar-refractivity contribution in [3.05, 3.63) is 46.5 Å². The number of rotatable bonds is 2. The first-order chi connectivity index (χ1) is 7.70. The van der Waals surface area contributed by atoms with Crippen LogP contribution in [0.25, 0.3) is 0 Å². The van der Waals surface area contributed by atoms with Crippen LogP contribution in [0.15, 0.2) is 40.9 Å². The first kappa shape index (κ1) is 11.1. The third-order valence-electron chi connectivity index (χ3n) is 2.61. The van der Waals surface area contributed by atoms with E-state index in [1.807, 2.05) is 6.07 Å².